The van der Waals surface area contributed by atoms with E-state index in [1.807, 2.05) is 5.29 Å². The molecule has 0 aliphatic rings. The molecule has 10 heavy (non-hydrogen) atoms. The normalized spacial score (nSPS) is 8.10. The largest absolute Gasteiger partial charge is 0.379 e. The number of nitrogens with zero attached hydrogens (tertiary/aromatic N) is 3. The highest BCUT2D eigenvalue weighted by Crippen LogP contribution is 1.94. The molecule has 0 N–H and O–H groups in total. The van der Waals surface area contributed by atoms with Gasteiger partial charge in [-0.05, 0) is 5.43 Å². The number of rotatable bonds is 3. The molecule has 0 aliphatic carbocycles. The van der Waals surface area contributed by atoms with E-state index in [1.54, 1.807) is 0 Å². The number of carbonyl (C=O) groups is 1. The highest BCUT2D eigenvalue weighted by atomic mass is 35.5. The van der Waals surface area contributed by atoms with Gasteiger partial charge in [0.25, 0.3) is 0 Å². The fourth-order valence-electron chi connectivity index (χ4n) is 0.275. The van der Waals surface area contributed by atoms with Gasteiger partial charge in [0.2, 0.25) is 0 Å². The van der Waals surface area contributed by atoms with Crippen molar-refractivity contribution in [2.75, 3.05) is 6.54 Å². The third-order valence-corrected chi connectivity index (χ3v) is 0.906. The topological polar surface area (TPSA) is 63.8 Å². The van der Waals surface area contributed by atoms with Crippen LogP contribution in [0.5, 0.6) is 0 Å². The van der Waals surface area contributed by atoms with Crippen LogP contribution in [0.25, 0.3) is 0 Å². The minimum atomic E-state index is -0.892. The predicted octanol–water partition coefficient (Wildman–Crippen LogP) is 1.03. The fraction of sp³-hybridized carbons (Fsp3) is 0.250. The molecule has 2 amide bonds. The molecule has 0 aromatic rings. The maximum atomic E-state index is 10.4. The van der Waals surface area contributed by atoms with E-state index in [-0.39, 0.29) is 6.54 Å². The Hall–Kier alpha value is -1.10. The molecule has 6 heteroatoms. The van der Waals surface area contributed by atoms with Gasteiger partial charge in [-0.15, -0.1) is 11.5 Å². The molecule has 0 aromatic carbocycles. The Morgan fingerprint density at radius 1 is 1.80 bits per heavy atom. The predicted molar refractivity (Wildman–Crippen MR) is 36.1 cm³/mol. The van der Waals surface area contributed by atoms with Gasteiger partial charge in [-0.1, -0.05) is 6.08 Å². The van der Waals surface area contributed by atoms with Crippen LogP contribution in [-0.2, 0) is 0 Å². The average molecular weight is 163 g/mol. The Morgan fingerprint density at radius 2 is 2.40 bits per heavy atom. The molecule has 0 rings (SSSR count). The van der Waals surface area contributed by atoms with Crippen LogP contribution in [0.1, 0.15) is 0 Å². The highest BCUT2D eigenvalue weighted by molar-refractivity contribution is 6.20. The first kappa shape index (κ1) is 8.90. The van der Waals surface area contributed by atoms with Gasteiger partial charge < -0.3 is 0 Å². The molecular weight excluding hydrogens is 158 g/mol. The third-order valence-electron chi connectivity index (χ3n) is 0.623. The zero-order chi connectivity index (χ0) is 7.98. The van der Waals surface area contributed by atoms with E-state index in [0.717, 1.165) is 0 Å². The van der Waals surface area contributed by atoms with Gasteiger partial charge in [0, 0.05) is 11.8 Å². The molecule has 5 nitrogen and oxygen atoms in total. The van der Waals surface area contributed by atoms with Crippen molar-refractivity contribution in [1.82, 2.24) is 9.84 Å². The lowest BCUT2D eigenvalue weighted by molar-refractivity contribution is 0.226. The first-order valence-electron chi connectivity index (χ1n) is 2.34. The van der Waals surface area contributed by atoms with Crippen LogP contribution < -0.4 is 5.43 Å². The van der Waals surface area contributed by atoms with E-state index in [1.165, 1.54) is 6.08 Å². The maximum Gasteiger partial charge on any atom is 0.379 e. The van der Waals surface area contributed by atoms with E-state index in [2.05, 4.69) is 12.0 Å². The van der Waals surface area contributed by atoms with E-state index < -0.39 is 6.03 Å². The average Bonchev–Trinajstić information content (AvgIpc) is 1.89. The number of hydrogen-bond donors (Lipinski definition) is 0. The van der Waals surface area contributed by atoms with Gasteiger partial charge >= 0.3 is 6.03 Å². The van der Waals surface area contributed by atoms with Crippen molar-refractivity contribution < 1.29 is 4.79 Å². The van der Waals surface area contributed by atoms with E-state index in [4.69, 9.17) is 11.8 Å². The SMILES string of the molecule is C=CCN(Cl)C(=O)[N]N=O. The summed E-state index contributed by atoms with van der Waals surface area (Å²) in [5.74, 6) is 0. The minimum absolute atomic E-state index is 0.124. The zero-order valence-corrected chi connectivity index (χ0v) is 5.78. The summed E-state index contributed by atoms with van der Waals surface area (Å²) in [6.45, 7) is 3.44. The van der Waals surface area contributed by atoms with Crippen molar-refractivity contribution in [3.05, 3.63) is 17.6 Å². The molecule has 0 aliphatic heterocycles. The quantitative estimate of drug-likeness (QED) is 0.269. The first-order valence-corrected chi connectivity index (χ1v) is 2.67. The maximum absolute atomic E-state index is 10.4. The summed E-state index contributed by atoms with van der Waals surface area (Å²) in [5.41, 5.74) is 2.62. The Kier molecular flexibility index (Phi) is 4.23. The van der Waals surface area contributed by atoms with E-state index in [0.29, 0.717) is 4.42 Å². The van der Waals surface area contributed by atoms with Crippen LogP contribution in [0, 0.1) is 4.91 Å². The molecule has 0 atom stereocenters. The molecule has 0 saturated heterocycles. The Balaban J connectivity index is 3.68. The van der Waals surface area contributed by atoms with Crippen molar-refractivity contribution in [3.8, 4) is 0 Å². The van der Waals surface area contributed by atoms with Crippen molar-refractivity contribution in [2.24, 2.45) is 5.29 Å². The summed E-state index contributed by atoms with van der Waals surface area (Å²) >= 11 is 5.23. The van der Waals surface area contributed by atoms with Crippen LogP contribution in [0.4, 0.5) is 4.79 Å². The van der Waals surface area contributed by atoms with Crippen molar-refractivity contribution in [3.63, 3.8) is 0 Å². The molecule has 0 unspecified atom stereocenters. The Labute approximate surface area is 62.7 Å². The fourth-order valence-corrected chi connectivity index (χ4v) is 0.406. The summed E-state index contributed by atoms with van der Waals surface area (Å²) < 4.78 is 0.689. The number of nitroso groups, excluding NO2 is 1. The van der Waals surface area contributed by atoms with Crippen molar-refractivity contribution in [2.45, 2.75) is 0 Å². The number of hydrogen-bond acceptors (Lipinski definition) is 3. The van der Waals surface area contributed by atoms with Gasteiger partial charge in [0.15, 0.2) is 0 Å². The molecular formula is C4H5ClN3O2. The second-order valence-electron chi connectivity index (χ2n) is 1.30. The highest BCUT2D eigenvalue weighted by Gasteiger charge is 2.09. The standard InChI is InChI=1S/C4H5ClN3O2/c1-2-3-8(5)4(9)6-7-10/h2H,1,3H2. The summed E-state index contributed by atoms with van der Waals surface area (Å²) in [6, 6.07) is -0.892. The Bertz CT molecular complexity index is 149. The van der Waals surface area contributed by atoms with Crippen LogP contribution in [-0.4, -0.2) is 17.0 Å². The smallest absolute Gasteiger partial charge is 0.243 e. The summed E-state index contributed by atoms with van der Waals surface area (Å²) in [4.78, 5) is 19.8. The van der Waals surface area contributed by atoms with Crippen molar-refractivity contribution >= 4 is 17.8 Å². The molecule has 55 valence electrons. The van der Waals surface area contributed by atoms with E-state index >= 15 is 0 Å². The number of halogens is 1. The number of urea groups is 1. The molecule has 0 fully saturated rings. The van der Waals surface area contributed by atoms with E-state index in [9.17, 15) is 9.70 Å². The van der Waals surface area contributed by atoms with Gasteiger partial charge in [-0.3, -0.25) is 0 Å². The lowest BCUT2D eigenvalue weighted by atomic mass is 10.6. The molecule has 0 spiro atoms. The number of carbonyl (C=O) groups excluding carboxylic acids is 1. The molecule has 0 saturated carbocycles. The summed E-state index contributed by atoms with van der Waals surface area (Å²) in [7, 11) is 0. The molecule has 0 heterocycles. The van der Waals surface area contributed by atoms with Gasteiger partial charge in [-0.25, -0.2) is 9.21 Å². The Morgan fingerprint density at radius 3 is 2.80 bits per heavy atom. The third kappa shape index (κ3) is 3.03. The lowest BCUT2D eigenvalue weighted by Gasteiger charge is -2.05. The van der Waals surface area contributed by atoms with Crippen LogP contribution in [0.3, 0.4) is 0 Å². The number of amides is 2. The zero-order valence-electron chi connectivity index (χ0n) is 5.03. The summed E-state index contributed by atoms with van der Waals surface area (Å²) in [6.07, 6.45) is 1.39. The van der Waals surface area contributed by atoms with Crippen LogP contribution >= 0.6 is 11.8 Å². The minimum Gasteiger partial charge on any atom is -0.243 e. The van der Waals surface area contributed by atoms with Crippen LogP contribution in [0.15, 0.2) is 17.9 Å². The van der Waals surface area contributed by atoms with Gasteiger partial charge in [0.05, 0.1) is 11.8 Å². The first-order chi connectivity index (χ1) is 4.72. The molecule has 0 aromatic heterocycles. The molecule has 0 bridgehead atoms. The summed E-state index contributed by atoms with van der Waals surface area (Å²) in [5, 5.41) is 2.00. The molecule has 1 radical (unpaired) electrons. The monoisotopic (exact) mass is 162 g/mol. The van der Waals surface area contributed by atoms with Crippen molar-refractivity contribution in [1.29, 1.82) is 0 Å². The van der Waals surface area contributed by atoms with Gasteiger partial charge in [0.1, 0.15) is 0 Å². The second-order valence-corrected chi connectivity index (χ2v) is 1.71. The van der Waals surface area contributed by atoms with Gasteiger partial charge in [-0.2, -0.15) is 0 Å². The second kappa shape index (κ2) is 4.75. The lowest BCUT2D eigenvalue weighted by Crippen LogP contribution is -2.25. The van der Waals surface area contributed by atoms with Crippen LogP contribution in [0.2, 0.25) is 0 Å².